The summed E-state index contributed by atoms with van der Waals surface area (Å²) in [5, 5.41) is 16.3. The van der Waals surface area contributed by atoms with Gasteiger partial charge in [-0.1, -0.05) is 20.8 Å². The zero-order chi connectivity index (χ0) is 16.7. The number of fused-ring (bicyclic) bond motifs is 1. The third-order valence-electron chi connectivity index (χ3n) is 4.04. The van der Waals surface area contributed by atoms with Crippen LogP contribution in [0.15, 0.2) is 23.7 Å². The van der Waals surface area contributed by atoms with Gasteiger partial charge in [0, 0.05) is 23.5 Å². The van der Waals surface area contributed by atoms with Gasteiger partial charge in [0.05, 0.1) is 13.2 Å². The smallest absolute Gasteiger partial charge is 0.178 e. The van der Waals surface area contributed by atoms with E-state index in [1.54, 1.807) is 11.3 Å². The molecule has 1 fully saturated rings. The average Bonchev–Trinajstić information content (AvgIpc) is 3.23. The minimum Gasteiger partial charge on any atom is -0.367 e. The van der Waals surface area contributed by atoms with E-state index in [2.05, 4.69) is 40.9 Å². The van der Waals surface area contributed by atoms with Crippen LogP contribution in [0, 0.1) is 0 Å². The first-order chi connectivity index (χ1) is 11.5. The summed E-state index contributed by atoms with van der Waals surface area (Å²) in [6.45, 7) is 8.58. The summed E-state index contributed by atoms with van der Waals surface area (Å²) in [4.78, 5) is 6.61. The number of hydrogen-bond donors (Lipinski definition) is 0. The molecular formula is C16H20N6OS. The van der Waals surface area contributed by atoms with Crippen molar-refractivity contribution < 1.29 is 4.74 Å². The Kier molecular flexibility index (Phi) is 3.73. The van der Waals surface area contributed by atoms with Crippen LogP contribution < -0.4 is 4.90 Å². The monoisotopic (exact) mass is 344 g/mol. The van der Waals surface area contributed by atoms with Crippen molar-refractivity contribution in [1.82, 2.24) is 24.8 Å². The van der Waals surface area contributed by atoms with Crippen molar-refractivity contribution >= 4 is 22.8 Å². The number of anilines is 1. The van der Waals surface area contributed by atoms with Crippen LogP contribution in [0.4, 0.5) is 5.82 Å². The van der Waals surface area contributed by atoms with Gasteiger partial charge in [0.15, 0.2) is 11.5 Å². The second-order valence-corrected chi connectivity index (χ2v) is 7.84. The largest absolute Gasteiger partial charge is 0.367 e. The molecule has 4 rings (SSSR count). The highest BCUT2D eigenvalue weighted by Crippen LogP contribution is 2.27. The molecule has 0 aromatic carbocycles. The van der Waals surface area contributed by atoms with Gasteiger partial charge in [0.2, 0.25) is 0 Å². The predicted octanol–water partition coefficient (Wildman–Crippen LogP) is 2.46. The highest BCUT2D eigenvalue weighted by Gasteiger charge is 2.26. The van der Waals surface area contributed by atoms with E-state index in [-0.39, 0.29) is 11.5 Å². The van der Waals surface area contributed by atoms with Crippen LogP contribution in [0.3, 0.4) is 0 Å². The minimum atomic E-state index is -0.112. The van der Waals surface area contributed by atoms with Crippen molar-refractivity contribution in [3.05, 3.63) is 34.5 Å². The lowest BCUT2D eigenvalue weighted by Crippen LogP contribution is -2.39. The quantitative estimate of drug-likeness (QED) is 0.711. The van der Waals surface area contributed by atoms with Crippen LogP contribution in [0.5, 0.6) is 0 Å². The Hall–Kier alpha value is -2.06. The molecule has 0 aliphatic carbocycles. The van der Waals surface area contributed by atoms with E-state index in [0.717, 1.165) is 35.4 Å². The van der Waals surface area contributed by atoms with Gasteiger partial charge in [-0.25, -0.2) is 4.98 Å². The van der Waals surface area contributed by atoms with Crippen LogP contribution >= 0.6 is 11.3 Å². The number of ether oxygens (including phenoxy) is 1. The van der Waals surface area contributed by atoms with E-state index < -0.39 is 0 Å². The lowest BCUT2D eigenvalue weighted by atomic mass is 9.96. The molecule has 1 aliphatic rings. The van der Waals surface area contributed by atoms with Gasteiger partial charge in [-0.2, -0.15) is 4.52 Å². The minimum absolute atomic E-state index is 0.000698. The van der Waals surface area contributed by atoms with E-state index in [9.17, 15) is 0 Å². The topological polar surface area (TPSA) is 68.4 Å². The first kappa shape index (κ1) is 15.5. The molecule has 0 unspecified atom stereocenters. The maximum Gasteiger partial charge on any atom is 0.178 e. The van der Waals surface area contributed by atoms with Crippen molar-refractivity contribution in [2.24, 2.45) is 0 Å². The summed E-state index contributed by atoms with van der Waals surface area (Å²) in [6, 6.07) is 3.97. The van der Waals surface area contributed by atoms with Gasteiger partial charge in [-0.15, -0.1) is 26.6 Å². The molecule has 0 bridgehead atoms. The summed E-state index contributed by atoms with van der Waals surface area (Å²) in [6.07, 6.45) is 1.82. The van der Waals surface area contributed by atoms with Crippen molar-refractivity contribution in [3.8, 4) is 0 Å². The van der Waals surface area contributed by atoms with Crippen LogP contribution in [0.1, 0.15) is 37.7 Å². The van der Waals surface area contributed by atoms with E-state index in [1.807, 2.05) is 28.2 Å². The maximum absolute atomic E-state index is 5.87. The van der Waals surface area contributed by atoms with Crippen LogP contribution in [-0.4, -0.2) is 44.5 Å². The fraction of sp³-hybridized carbons (Fsp3) is 0.500. The number of hydrogen-bond acceptors (Lipinski definition) is 7. The number of aromatic nitrogens is 5. The molecule has 1 aliphatic heterocycles. The Balaban J connectivity index is 1.66. The van der Waals surface area contributed by atoms with Gasteiger partial charge in [-0.05, 0) is 12.1 Å². The molecule has 126 valence electrons. The molecule has 0 amide bonds. The summed E-state index contributed by atoms with van der Waals surface area (Å²) in [5.41, 5.74) is 0.660. The molecule has 0 saturated carbocycles. The molecule has 3 aromatic rings. The Bertz CT molecular complexity index is 838. The molecule has 0 radical (unpaired) electrons. The molecular weight excluding hydrogens is 324 g/mol. The first-order valence-electron chi connectivity index (χ1n) is 8.01. The summed E-state index contributed by atoms with van der Waals surface area (Å²) in [5.74, 6) is 1.78. The van der Waals surface area contributed by atoms with Crippen molar-refractivity contribution in [1.29, 1.82) is 0 Å². The summed E-state index contributed by atoms with van der Waals surface area (Å²) >= 11 is 1.63. The van der Waals surface area contributed by atoms with Crippen molar-refractivity contribution in [2.45, 2.75) is 32.3 Å². The van der Waals surface area contributed by atoms with Crippen molar-refractivity contribution in [3.63, 3.8) is 0 Å². The Labute approximate surface area is 144 Å². The van der Waals surface area contributed by atoms with E-state index in [4.69, 9.17) is 9.84 Å². The number of nitrogens with zero attached hydrogens (tertiary/aromatic N) is 6. The van der Waals surface area contributed by atoms with Gasteiger partial charge in [0.25, 0.3) is 0 Å². The second-order valence-electron chi connectivity index (χ2n) is 6.91. The van der Waals surface area contributed by atoms with Crippen LogP contribution in [0.2, 0.25) is 0 Å². The van der Waals surface area contributed by atoms with Gasteiger partial charge in [-0.3, -0.25) is 0 Å². The summed E-state index contributed by atoms with van der Waals surface area (Å²) in [7, 11) is 0. The van der Waals surface area contributed by atoms with Crippen molar-refractivity contribution in [2.75, 3.05) is 24.6 Å². The Morgan fingerprint density at radius 1 is 1.25 bits per heavy atom. The molecule has 0 spiro atoms. The van der Waals surface area contributed by atoms with E-state index >= 15 is 0 Å². The third kappa shape index (κ3) is 2.76. The maximum atomic E-state index is 5.87. The molecule has 0 N–H and O–H groups in total. The Morgan fingerprint density at radius 2 is 2.12 bits per heavy atom. The van der Waals surface area contributed by atoms with Gasteiger partial charge < -0.3 is 9.64 Å². The normalized spacial score (nSPS) is 19.1. The zero-order valence-electron chi connectivity index (χ0n) is 14.0. The fourth-order valence-electron chi connectivity index (χ4n) is 2.82. The lowest BCUT2D eigenvalue weighted by molar-refractivity contribution is 0.0393. The standard InChI is InChI=1S/C16H20N6OS/c1-16(2,3)15-19-18-12-4-5-13(20-22(12)15)21-7-8-23-11(10-21)14-17-6-9-24-14/h4-6,9,11H,7-8,10H2,1-3H3/t11-/m0/s1. The Morgan fingerprint density at radius 3 is 2.88 bits per heavy atom. The first-order valence-corrected chi connectivity index (χ1v) is 8.89. The fourth-order valence-corrected chi connectivity index (χ4v) is 3.49. The highest BCUT2D eigenvalue weighted by atomic mass is 32.1. The molecule has 1 saturated heterocycles. The average molecular weight is 344 g/mol. The molecule has 7 nitrogen and oxygen atoms in total. The molecule has 3 aromatic heterocycles. The van der Waals surface area contributed by atoms with Crippen LogP contribution in [-0.2, 0) is 10.2 Å². The van der Waals surface area contributed by atoms with Crippen LogP contribution in [0.25, 0.3) is 5.65 Å². The molecule has 8 heteroatoms. The highest BCUT2D eigenvalue weighted by molar-refractivity contribution is 7.09. The molecule has 1 atom stereocenters. The summed E-state index contributed by atoms with van der Waals surface area (Å²) < 4.78 is 7.72. The SMILES string of the molecule is CC(C)(C)c1nnc2ccc(N3CCO[C@H](c4nccs4)C3)nn12. The molecule has 4 heterocycles. The second kappa shape index (κ2) is 5.78. The number of rotatable bonds is 2. The van der Waals surface area contributed by atoms with Gasteiger partial charge in [0.1, 0.15) is 16.9 Å². The molecule has 24 heavy (non-hydrogen) atoms. The lowest BCUT2D eigenvalue weighted by Gasteiger charge is -2.32. The number of morpholine rings is 1. The van der Waals surface area contributed by atoms with E-state index in [0.29, 0.717) is 6.61 Å². The number of thiazole rings is 1. The predicted molar refractivity (Wildman–Crippen MR) is 92.5 cm³/mol. The van der Waals surface area contributed by atoms with Gasteiger partial charge >= 0.3 is 0 Å². The zero-order valence-corrected chi connectivity index (χ0v) is 14.8. The van der Waals surface area contributed by atoms with E-state index in [1.165, 1.54) is 0 Å². The third-order valence-corrected chi connectivity index (χ3v) is 4.90.